The zero-order valence-electron chi connectivity index (χ0n) is 17.1. The molecule has 2 aliphatic heterocycles. The summed E-state index contributed by atoms with van der Waals surface area (Å²) in [5.41, 5.74) is 1.39. The first kappa shape index (κ1) is 20.1. The van der Waals surface area contributed by atoms with Gasteiger partial charge in [-0.3, -0.25) is 29.2 Å². The summed E-state index contributed by atoms with van der Waals surface area (Å²) in [6.07, 6.45) is 1.59. The van der Waals surface area contributed by atoms with Crippen LogP contribution in [0.15, 0.2) is 48.5 Å². The van der Waals surface area contributed by atoms with Gasteiger partial charge >= 0.3 is 0 Å². The summed E-state index contributed by atoms with van der Waals surface area (Å²) in [5, 5.41) is 13.8. The van der Waals surface area contributed by atoms with E-state index in [2.05, 4.69) is 10.3 Å². The van der Waals surface area contributed by atoms with E-state index in [1.807, 2.05) is 24.3 Å². The van der Waals surface area contributed by atoms with Crippen molar-refractivity contribution in [1.29, 1.82) is 0 Å². The maximum absolute atomic E-state index is 13.3. The highest BCUT2D eigenvalue weighted by molar-refractivity contribution is 6.05. The number of para-hydroxylation sites is 4. The Bertz CT molecular complexity index is 1220. The molecule has 0 unspecified atom stereocenters. The van der Waals surface area contributed by atoms with Crippen molar-refractivity contribution in [2.24, 2.45) is 0 Å². The number of nitrogens with zero attached hydrogens (tertiary/aromatic N) is 4. The normalized spacial score (nSPS) is 20.0. The fourth-order valence-corrected chi connectivity index (χ4v) is 4.38. The number of nitro benzene ring substituents is 1. The molecular weight excluding hydrogens is 414 g/mol. The zero-order chi connectivity index (χ0) is 22.2. The molecule has 0 saturated carbocycles. The van der Waals surface area contributed by atoms with Gasteiger partial charge in [-0.1, -0.05) is 24.3 Å². The number of rotatable bonds is 6. The Morgan fingerprint density at radius 3 is 2.78 bits per heavy atom. The number of imidazole rings is 1. The average Bonchev–Trinajstić information content (AvgIpc) is 3.48. The van der Waals surface area contributed by atoms with Crippen molar-refractivity contribution in [1.82, 2.24) is 9.55 Å². The lowest BCUT2D eigenvalue weighted by Gasteiger charge is -2.19. The summed E-state index contributed by atoms with van der Waals surface area (Å²) in [5.74, 6) is -0.220. The summed E-state index contributed by atoms with van der Waals surface area (Å²) >= 11 is 0. The summed E-state index contributed by atoms with van der Waals surface area (Å²) < 4.78 is 7.49. The molecule has 3 heterocycles. The Kier molecular flexibility index (Phi) is 5.06. The number of amides is 2. The third kappa shape index (κ3) is 3.48. The van der Waals surface area contributed by atoms with Crippen LogP contribution in [0.4, 0.5) is 17.3 Å². The molecule has 2 aliphatic rings. The number of carbonyl (C=O) groups excluding carboxylic acids is 2. The van der Waals surface area contributed by atoms with Crippen LogP contribution in [0.25, 0.3) is 11.0 Å². The smallest absolute Gasteiger partial charge is 0.292 e. The fraction of sp³-hybridized carbons (Fsp3) is 0.318. The van der Waals surface area contributed by atoms with Crippen molar-refractivity contribution in [2.45, 2.75) is 31.4 Å². The molecule has 1 saturated heterocycles. The maximum atomic E-state index is 13.3. The molecule has 2 aromatic carbocycles. The molecule has 3 aromatic rings. The van der Waals surface area contributed by atoms with Gasteiger partial charge in [0.05, 0.1) is 35.0 Å². The van der Waals surface area contributed by atoms with Gasteiger partial charge in [-0.25, -0.2) is 4.98 Å². The summed E-state index contributed by atoms with van der Waals surface area (Å²) in [7, 11) is 0. The van der Waals surface area contributed by atoms with E-state index in [1.165, 1.54) is 18.2 Å². The third-order valence-electron chi connectivity index (χ3n) is 5.85. The molecule has 2 atom stereocenters. The second-order valence-electron chi connectivity index (χ2n) is 7.90. The number of benzene rings is 2. The van der Waals surface area contributed by atoms with Gasteiger partial charge in [0, 0.05) is 12.7 Å². The number of hydrogen-bond donors (Lipinski definition) is 1. The van der Waals surface area contributed by atoms with Crippen LogP contribution in [0.2, 0.25) is 0 Å². The van der Waals surface area contributed by atoms with Gasteiger partial charge in [0.25, 0.3) is 11.6 Å². The molecule has 1 N–H and O–H groups in total. The van der Waals surface area contributed by atoms with Gasteiger partial charge in [0.15, 0.2) is 0 Å². The minimum absolute atomic E-state index is 0.0632. The minimum atomic E-state index is -0.790. The van der Waals surface area contributed by atoms with Crippen molar-refractivity contribution in [2.75, 3.05) is 23.4 Å². The van der Waals surface area contributed by atoms with Crippen LogP contribution in [0.5, 0.6) is 0 Å². The van der Waals surface area contributed by atoms with Gasteiger partial charge in [-0.15, -0.1) is 0 Å². The molecule has 2 amide bonds. The minimum Gasteiger partial charge on any atom is -0.376 e. The molecule has 1 fully saturated rings. The Balaban J connectivity index is 1.44. The van der Waals surface area contributed by atoms with Gasteiger partial charge in [0.1, 0.15) is 11.7 Å². The Hall–Kier alpha value is -3.79. The van der Waals surface area contributed by atoms with E-state index in [9.17, 15) is 19.7 Å². The number of carbonyl (C=O) groups is 2. The lowest BCUT2D eigenvalue weighted by atomic mass is 10.1. The van der Waals surface area contributed by atoms with E-state index >= 15 is 0 Å². The lowest BCUT2D eigenvalue weighted by Crippen LogP contribution is -2.37. The van der Waals surface area contributed by atoms with Crippen LogP contribution >= 0.6 is 0 Å². The van der Waals surface area contributed by atoms with E-state index in [0.29, 0.717) is 19.1 Å². The number of aromatic nitrogens is 2. The number of ether oxygens (including phenoxy) is 1. The summed E-state index contributed by atoms with van der Waals surface area (Å²) in [6, 6.07) is 12.6. The highest BCUT2D eigenvalue weighted by Crippen LogP contribution is 2.37. The maximum Gasteiger partial charge on any atom is 0.292 e. The molecule has 0 aliphatic carbocycles. The molecule has 0 spiro atoms. The third-order valence-corrected chi connectivity index (χ3v) is 5.85. The molecule has 0 bridgehead atoms. The quantitative estimate of drug-likeness (QED) is 0.469. The highest BCUT2D eigenvalue weighted by atomic mass is 16.6. The topological polar surface area (TPSA) is 120 Å². The fourth-order valence-electron chi connectivity index (χ4n) is 4.38. The standard InChI is InChI=1S/C22H21N5O5/c28-20(23-16-8-2-4-10-18(16)27(30)31)12-19-21(29)25(13-14-6-5-11-32-14)22-24-15-7-1-3-9-17(15)26(19)22/h1-4,7-10,14,19H,5-6,11-13H2,(H,23,28)/t14-,19-/m0/s1. The Morgan fingerprint density at radius 2 is 2.00 bits per heavy atom. The summed E-state index contributed by atoms with van der Waals surface area (Å²) in [4.78, 5) is 43.1. The number of nitrogens with one attached hydrogen (secondary N) is 1. The Morgan fingerprint density at radius 1 is 1.22 bits per heavy atom. The van der Waals surface area contributed by atoms with E-state index < -0.39 is 16.9 Å². The van der Waals surface area contributed by atoms with Gasteiger partial charge in [0.2, 0.25) is 11.9 Å². The second kappa shape index (κ2) is 8.04. The van der Waals surface area contributed by atoms with Gasteiger partial charge in [-0.05, 0) is 31.0 Å². The molecule has 10 heteroatoms. The number of fused-ring (bicyclic) bond motifs is 3. The number of nitro groups is 1. The number of hydrogen-bond acceptors (Lipinski definition) is 6. The first-order valence-corrected chi connectivity index (χ1v) is 10.5. The van der Waals surface area contributed by atoms with Crippen molar-refractivity contribution in [3.63, 3.8) is 0 Å². The van der Waals surface area contributed by atoms with E-state index in [-0.39, 0.29) is 29.8 Å². The summed E-state index contributed by atoms with van der Waals surface area (Å²) in [6.45, 7) is 1.05. The zero-order valence-corrected chi connectivity index (χ0v) is 17.1. The van der Waals surface area contributed by atoms with E-state index in [0.717, 1.165) is 23.9 Å². The van der Waals surface area contributed by atoms with Crippen molar-refractivity contribution in [3.05, 3.63) is 58.6 Å². The van der Waals surface area contributed by atoms with Crippen LogP contribution in [0, 0.1) is 10.1 Å². The molecule has 5 rings (SSSR count). The molecular formula is C22H21N5O5. The number of anilines is 2. The SMILES string of the molecule is O=C(C[C@H]1C(=O)N(C[C@@H]2CCCO2)c2nc3ccccc3n21)Nc1ccccc1[N+](=O)[O-]. The predicted molar refractivity (Wildman–Crippen MR) is 116 cm³/mol. The molecule has 32 heavy (non-hydrogen) atoms. The second-order valence-corrected chi connectivity index (χ2v) is 7.90. The van der Waals surface area contributed by atoms with Crippen LogP contribution in [-0.4, -0.2) is 45.5 Å². The predicted octanol–water partition coefficient (Wildman–Crippen LogP) is 3.04. The molecule has 0 radical (unpaired) electrons. The van der Waals surface area contributed by atoms with Crippen molar-refractivity contribution < 1.29 is 19.2 Å². The van der Waals surface area contributed by atoms with E-state index in [4.69, 9.17) is 4.74 Å². The van der Waals surface area contributed by atoms with Crippen LogP contribution in [0.1, 0.15) is 25.3 Å². The Labute approximate surface area is 182 Å². The van der Waals surface area contributed by atoms with Crippen molar-refractivity contribution in [3.8, 4) is 0 Å². The van der Waals surface area contributed by atoms with Crippen LogP contribution < -0.4 is 10.2 Å². The first-order chi connectivity index (χ1) is 15.5. The van der Waals surface area contributed by atoms with Gasteiger partial charge < -0.3 is 10.1 Å². The van der Waals surface area contributed by atoms with Crippen molar-refractivity contribution >= 4 is 40.2 Å². The molecule has 164 valence electrons. The monoisotopic (exact) mass is 435 g/mol. The van der Waals surface area contributed by atoms with E-state index in [1.54, 1.807) is 15.5 Å². The largest absolute Gasteiger partial charge is 0.376 e. The van der Waals surface area contributed by atoms with Crippen LogP contribution in [-0.2, 0) is 14.3 Å². The van der Waals surface area contributed by atoms with Gasteiger partial charge in [-0.2, -0.15) is 0 Å². The first-order valence-electron chi connectivity index (χ1n) is 10.5. The van der Waals surface area contributed by atoms with Crippen LogP contribution in [0.3, 0.4) is 0 Å². The average molecular weight is 435 g/mol. The highest BCUT2D eigenvalue weighted by Gasteiger charge is 2.42. The lowest BCUT2D eigenvalue weighted by molar-refractivity contribution is -0.383. The molecule has 10 nitrogen and oxygen atoms in total. The molecule has 1 aromatic heterocycles.